The molecule has 0 saturated heterocycles. The van der Waals surface area contributed by atoms with Gasteiger partial charge in [-0.15, -0.1) is 0 Å². The highest BCUT2D eigenvalue weighted by Crippen LogP contribution is 2.33. The second-order valence-corrected chi connectivity index (χ2v) is 7.78. The van der Waals surface area contributed by atoms with Crippen LogP contribution in [0.25, 0.3) is 10.9 Å². The molecule has 0 aliphatic carbocycles. The van der Waals surface area contributed by atoms with E-state index in [1.54, 1.807) is 12.3 Å². The van der Waals surface area contributed by atoms with Gasteiger partial charge in [0.15, 0.2) is 0 Å². The van der Waals surface area contributed by atoms with Gasteiger partial charge in [0.1, 0.15) is 11.9 Å². The van der Waals surface area contributed by atoms with E-state index in [-0.39, 0.29) is 0 Å². The fraction of sp³-hybridized carbons (Fsp3) is 0.400. The van der Waals surface area contributed by atoms with E-state index < -0.39 is 5.60 Å². The van der Waals surface area contributed by atoms with Gasteiger partial charge in [0.25, 0.3) is 0 Å². The Bertz CT molecular complexity index is 936. The molecular weight excluding hydrogens is 348 g/mol. The minimum absolute atomic E-state index is 0.446. The molecule has 2 aromatic heterocycles. The molecule has 0 radical (unpaired) electrons. The van der Waals surface area contributed by atoms with Crippen LogP contribution in [-0.2, 0) is 25.0 Å². The van der Waals surface area contributed by atoms with Crippen molar-refractivity contribution in [3.8, 4) is 0 Å². The van der Waals surface area contributed by atoms with E-state index in [2.05, 4.69) is 38.6 Å². The molecule has 0 saturated carbocycles. The Labute approximate surface area is 158 Å². The lowest BCUT2D eigenvalue weighted by molar-refractivity contribution is 0.0342. The summed E-state index contributed by atoms with van der Waals surface area (Å²) in [5, 5.41) is 13.1. The van der Waals surface area contributed by atoms with Crippen molar-refractivity contribution in [2.24, 2.45) is 0 Å². The van der Waals surface area contributed by atoms with Gasteiger partial charge >= 0.3 is 0 Å². The summed E-state index contributed by atoms with van der Waals surface area (Å²) in [6.45, 7) is 4.29. The van der Waals surface area contributed by atoms with Gasteiger partial charge in [-0.05, 0) is 50.2 Å². The smallest absolute Gasteiger partial charge is 0.122 e. The molecule has 4 rings (SSSR count). The Morgan fingerprint density at radius 1 is 1.23 bits per heavy atom. The third-order valence-electron chi connectivity index (χ3n) is 5.32. The van der Waals surface area contributed by atoms with Crippen molar-refractivity contribution in [3.05, 3.63) is 58.8 Å². The molecule has 1 aliphatic heterocycles. The third kappa shape index (κ3) is 3.11. The zero-order chi connectivity index (χ0) is 18.3. The number of aliphatic hydroxyl groups is 1. The van der Waals surface area contributed by atoms with Crippen molar-refractivity contribution in [3.63, 3.8) is 0 Å². The average molecular weight is 371 g/mol. The summed E-state index contributed by atoms with van der Waals surface area (Å²) >= 11 is 6.28. The first-order chi connectivity index (χ1) is 12.5. The molecule has 1 aliphatic rings. The van der Waals surface area contributed by atoms with E-state index in [0.717, 1.165) is 36.5 Å². The van der Waals surface area contributed by atoms with Gasteiger partial charge in [0, 0.05) is 47.3 Å². The van der Waals surface area contributed by atoms with E-state index in [1.165, 1.54) is 23.0 Å². The summed E-state index contributed by atoms with van der Waals surface area (Å²) in [7, 11) is 2.16. The van der Waals surface area contributed by atoms with Crippen LogP contribution in [0.15, 0.2) is 36.8 Å². The van der Waals surface area contributed by atoms with Crippen molar-refractivity contribution < 1.29 is 5.11 Å². The van der Waals surface area contributed by atoms with Gasteiger partial charge in [-0.2, -0.15) is 0 Å². The van der Waals surface area contributed by atoms with Gasteiger partial charge < -0.3 is 14.6 Å². The van der Waals surface area contributed by atoms with Crippen molar-refractivity contribution in [1.29, 1.82) is 0 Å². The Hall–Kier alpha value is -1.95. The number of hydrogen-bond donors (Lipinski definition) is 1. The van der Waals surface area contributed by atoms with Gasteiger partial charge in [-0.1, -0.05) is 11.6 Å². The molecule has 0 bridgehead atoms. The van der Waals surface area contributed by atoms with Crippen LogP contribution < -0.4 is 0 Å². The highest BCUT2D eigenvalue weighted by Gasteiger charge is 2.29. The number of nitrogens with zero attached hydrogens (tertiary/aromatic N) is 4. The minimum atomic E-state index is -1.08. The summed E-state index contributed by atoms with van der Waals surface area (Å²) in [6.07, 6.45) is 5.09. The van der Waals surface area contributed by atoms with Crippen molar-refractivity contribution in [2.45, 2.75) is 31.9 Å². The number of fused-ring (bicyclic) bond motifs is 3. The molecule has 0 fully saturated rings. The maximum Gasteiger partial charge on any atom is 0.122 e. The highest BCUT2D eigenvalue weighted by atomic mass is 35.5. The first kappa shape index (κ1) is 17.5. The lowest BCUT2D eigenvalue weighted by Gasteiger charge is -2.25. The summed E-state index contributed by atoms with van der Waals surface area (Å²) in [6, 6.07) is 7.81. The molecular formula is C20H23ClN4O. The molecule has 26 heavy (non-hydrogen) atoms. The first-order valence-corrected chi connectivity index (χ1v) is 9.30. The fourth-order valence-electron chi connectivity index (χ4n) is 3.90. The first-order valence-electron chi connectivity index (χ1n) is 8.92. The molecule has 6 heteroatoms. The predicted octanol–water partition coefficient (Wildman–Crippen LogP) is 3.02. The van der Waals surface area contributed by atoms with Crippen LogP contribution in [0.4, 0.5) is 0 Å². The number of halogens is 1. The lowest BCUT2D eigenvalue weighted by atomic mass is 10.0. The molecule has 1 aromatic carbocycles. The van der Waals surface area contributed by atoms with Crippen molar-refractivity contribution in [1.82, 2.24) is 19.4 Å². The maximum absolute atomic E-state index is 11.1. The molecule has 5 nitrogen and oxygen atoms in total. The van der Waals surface area contributed by atoms with E-state index in [4.69, 9.17) is 11.6 Å². The summed E-state index contributed by atoms with van der Waals surface area (Å²) in [4.78, 5) is 10.6. The summed E-state index contributed by atoms with van der Waals surface area (Å²) < 4.78 is 2.25. The van der Waals surface area contributed by atoms with Gasteiger partial charge in [0.05, 0.1) is 12.2 Å². The van der Waals surface area contributed by atoms with E-state index in [1.807, 2.05) is 13.0 Å². The zero-order valence-electron chi connectivity index (χ0n) is 15.1. The Morgan fingerprint density at radius 3 is 2.81 bits per heavy atom. The second kappa shape index (κ2) is 6.65. The SMILES string of the molecule is CN1CCc2c(n(CC(C)(O)c3ccncn3)c3ccc(Cl)cc23)CC1. The monoisotopic (exact) mass is 370 g/mol. The van der Waals surface area contributed by atoms with Gasteiger partial charge in [-0.25, -0.2) is 9.97 Å². The fourth-order valence-corrected chi connectivity index (χ4v) is 4.08. The van der Waals surface area contributed by atoms with E-state index >= 15 is 0 Å². The van der Waals surface area contributed by atoms with Crippen LogP contribution in [-0.4, -0.2) is 44.7 Å². The van der Waals surface area contributed by atoms with E-state index in [9.17, 15) is 5.11 Å². The van der Waals surface area contributed by atoms with E-state index in [0.29, 0.717) is 12.2 Å². The predicted molar refractivity (Wildman–Crippen MR) is 103 cm³/mol. The van der Waals surface area contributed by atoms with Crippen LogP contribution in [0.2, 0.25) is 5.02 Å². The molecule has 3 aromatic rings. The summed E-state index contributed by atoms with van der Waals surface area (Å²) in [5.41, 5.74) is 3.31. The number of rotatable bonds is 3. The van der Waals surface area contributed by atoms with Crippen molar-refractivity contribution in [2.75, 3.05) is 20.1 Å². The van der Waals surface area contributed by atoms with Gasteiger partial charge in [-0.3, -0.25) is 0 Å². The zero-order valence-corrected chi connectivity index (χ0v) is 15.9. The van der Waals surface area contributed by atoms with Crippen molar-refractivity contribution >= 4 is 22.5 Å². The van der Waals surface area contributed by atoms with Crippen LogP contribution in [0.3, 0.4) is 0 Å². The summed E-state index contributed by atoms with van der Waals surface area (Å²) in [5.74, 6) is 0. The van der Waals surface area contributed by atoms with Crippen LogP contribution in [0, 0.1) is 0 Å². The van der Waals surface area contributed by atoms with Crippen LogP contribution in [0.1, 0.15) is 23.9 Å². The number of aromatic nitrogens is 3. The minimum Gasteiger partial charge on any atom is -0.382 e. The van der Waals surface area contributed by atoms with Crippen LogP contribution in [0.5, 0.6) is 0 Å². The standard InChI is InChI=1S/C20H23ClN4O/c1-20(26,19-5-8-22-13-23-19)12-25-17-4-3-14(21)11-16(17)15-6-9-24(2)10-7-18(15)25/h3-5,8,11,13,26H,6-7,9-10,12H2,1-2H3. The molecule has 0 amide bonds. The number of likely N-dealkylation sites (N-methyl/N-ethyl adjacent to an activating group) is 1. The Kier molecular flexibility index (Phi) is 4.47. The third-order valence-corrected chi connectivity index (χ3v) is 5.56. The number of hydrogen-bond acceptors (Lipinski definition) is 4. The Balaban J connectivity index is 1.84. The molecule has 1 atom stereocenters. The molecule has 3 heterocycles. The molecule has 136 valence electrons. The second-order valence-electron chi connectivity index (χ2n) is 7.34. The normalized spacial score (nSPS) is 17.7. The lowest BCUT2D eigenvalue weighted by Crippen LogP contribution is -2.30. The molecule has 1 unspecified atom stereocenters. The topological polar surface area (TPSA) is 54.2 Å². The molecule has 0 spiro atoms. The average Bonchev–Trinajstić information content (AvgIpc) is 2.76. The Morgan fingerprint density at radius 2 is 2.04 bits per heavy atom. The maximum atomic E-state index is 11.1. The molecule has 1 N–H and O–H groups in total. The largest absolute Gasteiger partial charge is 0.382 e. The highest BCUT2D eigenvalue weighted by molar-refractivity contribution is 6.31. The number of benzene rings is 1. The van der Waals surface area contributed by atoms with Crippen LogP contribution >= 0.6 is 11.6 Å². The quantitative estimate of drug-likeness (QED) is 0.770. The van der Waals surface area contributed by atoms with Gasteiger partial charge in [0.2, 0.25) is 0 Å².